The predicted octanol–water partition coefficient (Wildman–Crippen LogP) is 5.08. The number of amides is 1. The molecule has 182 valence electrons. The molecule has 0 aliphatic carbocycles. The highest BCUT2D eigenvalue weighted by atomic mass is 16.5. The molecule has 2 aliphatic rings. The van der Waals surface area contributed by atoms with Crippen LogP contribution >= 0.6 is 0 Å². The maximum Gasteiger partial charge on any atom is 0.256 e. The fourth-order valence-corrected chi connectivity index (χ4v) is 4.91. The average molecular weight is 473 g/mol. The third-order valence-electron chi connectivity index (χ3n) is 6.84. The van der Waals surface area contributed by atoms with Gasteiger partial charge in [0.25, 0.3) is 5.91 Å². The molecule has 0 bridgehead atoms. The number of rotatable bonds is 6. The average Bonchev–Trinajstić information content (AvgIpc) is 3.58. The lowest BCUT2D eigenvalue weighted by Crippen LogP contribution is -2.36. The molecule has 1 aromatic carbocycles. The van der Waals surface area contributed by atoms with Gasteiger partial charge in [-0.05, 0) is 65.5 Å². The van der Waals surface area contributed by atoms with Crippen molar-refractivity contribution in [1.82, 2.24) is 24.6 Å². The topological polar surface area (TPSA) is 103 Å². The second-order valence-corrected chi connectivity index (χ2v) is 10.1. The number of carbonyl (C=O) groups excluding carboxylic acids is 1. The van der Waals surface area contributed by atoms with E-state index in [1.54, 1.807) is 6.33 Å². The summed E-state index contributed by atoms with van der Waals surface area (Å²) in [5.74, 6) is 0.838. The van der Waals surface area contributed by atoms with E-state index in [2.05, 4.69) is 17.3 Å². The molecule has 3 aromatic rings. The summed E-state index contributed by atoms with van der Waals surface area (Å²) in [6.45, 7) is 8.92. The molecule has 2 aliphatic heterocycles. The van der Waals surface area contributed by atoms with Crippen molar-refractivity contribution in [1.29, 1.82) is 0 Å². The Labute approximate surface area is 205 Å². The van der Waals surface area contributed by atoms with E-state index in [4.69, 9.17) is 20.2 Å². The quantitative estimate of drug-likeness (QED) is 0.502. The number of para-hydroxylation sites is 1. The highest BCUT2D eigenvalue weighted by Crippen LogP contribution is 2.42. The summed E-state index contributed by atoms with van der Waals surface area (Å²) in [6.07, 6.45) is 8.94. The zero-order chi connectivity index (χ0) is 24.7. The Bertz CT molecular complexity index is 1300. The minimum Gasteiger partial charge on any atom is -0.337 e. The van der Waals surface area contributed by atoms with Gasteiger partial charge in [-0.3, -0.25) is 9.36 Å². The van der Waals surface area contributed by atoms with Crippen molar-refractivity contribution in [3.8, 4) is 17.2 Å². The van der Waals surface area contributed by atoms with Gasteiger partial charge in [0.2, 0.25) is 11.7 Å². The molecule has 2 aromatic heterocycles. The van der Waals surface area contributed by atoms with Crippen LogP contribution in [0.4, 0.5) is 0 Å². The molecule has 1 amide bonds. The van der Waals surface area contributed by atoms with Crippen molar-refractivity contribution < 1.29 is 9.32 Å². The van der Waals surface area contributed by atoms with Gasteiger partial charge in [-0.15, -0.1) is 0 Å². The Kier molecular flexibility index (Phi) is 5.92. The summed E-state index contributed by atoms with van der Waals surface area (Å²) in [5.41, 5.74) is 11.4. The van der Waals surface area contributed by atoms with Crippen LogP contribution in [0.5, 0.6) is 0 Å². The Morgan fingerprint density at radius 1 is 1.17 bits per heavy atom. The van der Waals surface area contributed by atoms with Gasteiger partial charge in [-0.25, -0.2) is 4.98 Å². The third-order valence-corrected chi connectivity index (χ3v) is 6.84. The second kappa shape index (κ2) is 8.92. The van der Waals surface area contributed by atoms with Crippen molar-refractivity contribution in [2.24, 2.45) is 5.73 Å². The van der Waals surface area contributed by atoms with Gasteiger partial charge in [-0.2, -0.15) is 4.98 Å². The van der Waals surface area contributed by atoms with Crippen molar-refractivity contribution in [3.63, 3.8) is 0 Å². The molecule has 5 rings (SSSR count). The number of fused-ring (bicyclic) bond motifs is 5. The van der Waals surface area contributed by atoms with Crippen LogP contribution in [0.3, 0.4) is 0 Å². The van der Waals surface area contributed by atoms with E-state index >= 15 is 0 Å². The molecular weight excluding hydrogens is 440 g/mol. The Balaban J connectivity index is 1.60. The van der Waals surface area contributed by atoms with Crippen molar-refractivity contribution in [3.05, 3.63) is 71.0 Å². The molecule has 8 nitrogen and oxygen atoms in total. The van der Waals surface area contributed by atoms with Crippen LogP contribution in [0.1, 0.15) is 81.4 Å². The molecule has 0 spiro atoms. The number of imidazole rings is 1. The zero-order valence-electron chi connectivity index (χ0n) is 20.8. The second-order valence-electron chi connectivity index (χ2n) is 10.1. The van der Waals surface area contributed by atoms with Crippen LogP contribution in [-0.2, 0) is 5.54 Å². The van der Waals surface area contributed by atoms with Crippen molar-refractivity contribution in [2.45, 2.75) is 65.0 Å². The van der Waals surface area contributed by atoms with Gasteiger partial charge < -0.3 is 15.2 Å². The lowest BCUT2D eigenvalue weighted by Gasteiger charge is -2.23. The Morgan fingerprint density at radius 2 is 1.89 bits per heavy atom. The summed E-state index contributed by atoms with van der Waals surface area (Å²) in [4.78, 5) is 24.8. The molecule has 4 heterocycles. The number of nitrogens with zero attached hydrogens (tertiary/aromatic N) is 5. The summed E-state index contributed by atoms with van der Waals surface area (Å²) in [7, 11) is 0. The molecular formula is C27H32N6O2. The van der Waals surface area contributed by atoms with E-state index in [0.717, 1.165) is 30.8 Å². The smallest absolute Gasteiger partial charge is 0.256 e. The Morgan fingerprint density at radius 3 is 2.60 bits per heavy atom. The number of carbonyl (C=O) groups is 1. The lowest BCUT2D eigenvalue weighted by molar-refractivity contribution is 0.0739. The minimum absolute atomic E-state index is 0.0518. The zero-order valence-corrected chi connectivity index (χ0v) is 20.8. The maximum absolute atomic E-state index is 13.3. The van der Waals surface area contributed by atoms with E-state index in [9.17, 15) is 4.79 Å². The molecule has 0 saturated carbocycles. The van der Waals surface area contributed by atoms with Crippen LogP contribution < -0.4 is 5.73 Å². The molecule has 0 radical (unpaired) electrons. The van der Waals surface area contributed by atoms with Gasteiger partial charge in [-0.1, -0.05) is 40.6 Å². The van der Waals surface area contributed by atoms with Gasteiger partial charge in [0.15, 0.2) is 0 Å². The first kappa shape index (κ1) is 23.2. The molecule has 0 unspecified atom stereocenters. The Hall–Kier alpha value is -3.52. The number of hydrogen-bond donors (Lipinski definition) is 1. The van der Waals surface area contributed by atoms with Crippen LogP contribution in [0.25, 0.3) is 17.2 Å². The van der Waals surface area contributed by atoms with Crippen LogP contribution in [0.15, 0.2) is 58.4 Å². The number of aromatic nitrogens is 4. The number of benzene rings is 1. The number of nitrogens with two attached hydrogens (primary N) is 1. The molecule has 2 N–H and O–H groups in total. The monoisotopic (exact) mass is 472 g/mol. The van der Waals surface area contributed by atoms with Crippen molar-refractivity contribution >= 4 is 5.91 Å². The van der Waals surface area contributed by atoms with Crippen LogP contribution in [0, 0.1) is 0 Å². The summed E-state index contributed by atoms with van der Waals surface area (Å²) in [5, 5.41) is 4.32. The van der Waals surface area contributed by atoms with Crippen molar-refractivity contribution in [2.75, 3.05) is 6.54 Å². The van der Waals surface area contributed by atoms with E-state index in [1.807, 2.05) is 61.4 Å². The summed E-state index contributed by atoms with van der Waals surface area (Å²) < 4.78 is 7.78. The normalized spacial score (nSPS) is 16.9. The van der Waals surface area contributed by atoms with Crippen LogP contribution in [-0.4, -0.2) is 37.0 Å². The van der Waals surface area contributed by atoms with Gasteiger partial charge in [0.05, 0.1) is 23.0 Å². The third kappa shape index (κ3) is 4.12. The van der Waals surface area contributed by atoms with Gasteiger partial charge >= 0.3 is 0 Å². The fourth-order valence-electron chi connectivity index (χ4n) is 4.91. The molecule has 1 atom stereocenters. The first-order valence-electron chi connectivity index (χ1n) is 12.2. The van der Waals surface area contributed by atoms with E-state index in [1.165, 1.54) is 11.1 Å². The highest BCUT2D eigenvalue weighted by Gasteiger charge is 2.40. The van der Waals surface area contributed by atoms with Crippen LogP contribution in [0.2, 0.25) is 0 Å². The first-order valence-corrected chi connectivity index (χ1v) is 12.2. The maximum atomic E-state index is 13.3. The first-order chi connectivity index (χ1) is 16.8. The molecule has 1 saturated heterocycles. The molecule has 35 heavy (non-hydrogen) atoms. The van der Waals surface area contributed by atoms with E-state index in [-0.39, 0.29) is 11.9 Å². The minimum atomic E-state index is -0.821. The van der Waals surface area contributed by atoms with E-state index in [0.29, 0.717) is 35.8 Å². The van der Waals surface area contributed by atoms with Gasteiger partial charge in [0, 0.05) is 6.54 Å². The van der Waals surface area contributed by atoms with Gasteiger partial charge in [0.1, 0.15) is 17.6 Å². The highest BCUT2D eigenvalue weighted by molar-refractivity contribution is 5.99. The molecule has 8 heteroatoms. The summed E-state index contributed by atoms with van der Waals surface area (Å²) >= 11 is 0. The predicted molar refractivity (Wildman–Crippen MR) is 134 cm³/mol. The molecule has 1 fully saturated rings. The van der Waals surface area contributed by atoms with E-state index < -0.39 is 5.54 Å². The fraction of sp³-hybridized carbons (Fsp3) is 0.407. The number of allylic oxidation sites excluding steroid dienone is 2. The largest absolute Gasteiger partial charge is 0.337 e. The SMILES string of the molecule is CC(C)=CCC(N)(CC=C(C)C)c1nc(-c2ncn3c2[C@@H]2CCCN2C(=O)c2ccccc2-3)no1. The lowest BCUT2D eigenvalue weighted by atomic mass is 9.90. The number of hydrogen-bond acceptors (Lipinski definition) is 6. The summed E-state index contributed by atoms with van der Waals surface area (Å²) in [6, 6.07) is 7.58. The standard InChI is InChI=1S/C27H32N6O2/c1-17(2)11-13-27(28,14-12-18(3)4)26-30-24(31-35-26)22-23-21-10-7-15-32(21)25(34)19-8-5-6-9-20(19)33(23)16-29-22/h5-6,8-9,11-12,16,21H,7,10,13-15,28H2,1-4H3/t21-/m0/s1.